The Morgan fingerprint density at radius 3 is 2.79 bits per heavy atom. The first kappa shape index (κ1) is 24.0. The number of hydrogen-bond acceptors (Lipinski definition) is 6. The number of nitrogens with one attached hydrogen (secondary N) is 1. The number of nitrogen functional groups attached to an aromatic ring is 1. The van der Waals surface area contributed by atoms with E-state index in [0.29, 0.717) is 23.8 Å². The van der Waals surface area contributed by atoms with Crippen molar-refractivity contribution in [1.82, 2.24) is 9.55 Å². The topological polar surface area (TPSA) is 110 Å². The van der Waals surface area contributed by atoms with Crippen molar-refractivity contribution in [2.24, 2.45) is 5.92 Å². The number of rotatable bonds is 8. The monoisotopic (exact) mass is 482 g/mol. The second-order valence-electron chi connectivity index (χ2n) is 8.78. The van der Waals surface area contributed by atoms with Crippen LogP contribution in [-0.2, 0) is 24.1 Å². The largest absolute Gasteiger partial charge is 0.385 e. The van der Waals surface area contributed by atoms with E-state index >= 15 is 0 Å². The van der Waals surface area contributed by atoms with Gasteiger partial charge in [-0.15, -0.1) is 11.3 Å². The Morgan fingerprint density at radius 1 is 1.29 bits per heavy atom. The number of fused-ring (bicyclic) bond motifs is 1. The zero-order chi connectivity index (χ0) is 24.2. The van der Waals surface area contributed by atoms with E-state index in [1.54, 1.807) is 7.11 Å². The Balaban J connectivity index is 1.75. The molecule has 1 aliphatic carbocycles. The normalized spacial score (nSPS) is 15.2. The fraction of sp³-hybridized carbons (Fsp3) is 0.400. The Morgan fingerprint density at radius 2 is 2.06 bits per heavy atom. The third kappa shape index (κ3) is 5.00. The summed E-state index contributed by atoms with van der Waals surface area (Å²) >= 11 is 1.49. The van der Waals surface area contributed by atoms with Crippen molar-refractivity contribution in [3.05, 3.63) is 78.1 Å². The summed E-state index contributed by atoms with van der Waals surface area (Å²) < 4.78 is 6.46. The fourth-order valence-corrected chi connectivity index (χ4v) is 5.54. The van der Waals surface area contributed by atoms with Crippen LogP contribution >= 0.6 is 11.3 Å². The van der Waals surface area contributed by atoms with Gasteiger partial charge in [-0.25, -0.2) is 4.79 Å². The number of ether oxygens (including phenoxy) is 1. The molecule has 8 nitrogen and oxygen atoms in total. The third-order valence-electron chi connectivity index (χ3n) is 6.18. The molecule has 2 aromatic heterocycles. The minimum Gasteiger partial charge on any atom is -0.385 e. The number of methoxy groups -OCH3 is 1. The van der Waals surface area contributed by atoms with Crippen molar-refractivity contribution in [3.8, 4) is 0 Å². The third-order valence-corrected chi connectivity index (χ3v) is 7.41. The van der Waals surface area contributed by atoms with E-state index in [-0.39, 0.29) is 30.5 Å². The number of benzene rings is 1. The van der Waals surface area contributed by atoms with Gasteiger partial charge in [0.15, 0.2) is 5.69 Å². The Labute approximate surface area is 202 Å². The number of anilines is 2. The molecule has 0 radical (unpaired) electrons. The van der Waals surface area contributed by atoms with Crippen LogP contribution in [0.1, 0.15) is 45.4 Å². The van der Waals surface area contributed by atoms with Gasteiger partial charge in [0.05, 0.1) is 11.4 Å². The Kier molecular flexibility index (Phi) is 7.33. The molecular formula is C25H30N4O4S. The lowest BCUT2D eigenvalue weighted by atomic mass is 9.90. The smallest absolute Gasteiger partial charge is 0.330 e. The van der Waals surface area contributed by atoms with E-state index in [1.165, 1.54) is 31.2 Å². The molecule has 1 amide bonds. The molecule has 34 heavy (non-hydrogen) atoms. The molecule has 1 atom stereocenters. The zero-order valence-electron chi connectivity index (χ0n) is 19.5. The Bertz CT molecular complexity index is 1280. The van der Waals surface area contributed by atoms with E-state index in [1.807, 2.05) is 36.4 Å². The number of hydrogen-bond donors (Lipinski definition) is 2. The number of carbonyl (C=O) groups is 1. The van der Waals surface area contributed by atoms with Gasteiger partial charge in [-0.1, -0.05) is 37.3 Å². The van der Waals surface area contributed by atoms with E-state index < -0.39 is 11.2 Å². The van der Waals surface area contributed by atoms with Gasteiger partial charge in [0.1, 0.15) is 5.82 Å². The van der Waals surface area contributed by atoms with E-state index in [0.717, 1.165) is 24.8 Å². The van der Waals surface area contributed by atoms with Crippen LogP contribution in [0, 0.1) is 5.92 Å². The molecule has 0 saturated heterocycles. The molecule has 0 bridgehead atoms. The maximum Gasteiger partial charge on any atom is 0.330 e. The molecule has 1 unspecified atom stereocenters. The van der Waals surface area contributed by atoms with Crippen LogP contribution in [0.25, 0.3) is 0 Å². The van der Waals surface area contributed by atoms with E-state index in [2.05, 4.69) is 11.9 Å². The second kappa shape index (κ2) is 10.4. The van der Waals surface area contributed by atoms with Crippen molar-refractivity contribution >= 4 is 28.7 Å². The summed E-state index contributed by atoms with van der Waals surface area (Å²) in [4.78, 5) is 44.8. The number of nitrogens with zero attached hydrogens (tertiary/aromatic N) is 2. The van der Waals surface area contributed by atoms with Crippen LogP contribution < -0.4 is 21.9 Å². The Hall–Kier alpha value is -3.17. The van der Waals surface area contributed by atoms with Gasteiger partial charge < -0.3 is 10.5 Å². The van der Waals surface area contributed by atoms with Crippen molar-refractivity contribution in [3.63, 3.8) is 0 Å². The standard InChI is InChI=1S/C25H30N4O4S/c1-16-9-10-19-18(13-16)14-20(34-19)24(31)28(11-6-12-33-2)21-22(26)29(25(32)27-23(21)30)15-17-7-4-3-5-8-17/h3-5,7-8,14,16H,6,9-13,15,26H2,1-2H3,(H,27,30,32). The predicted octanol–water partition coefficient (Wildman–Crippen LogP) is 3.04. The first-order chi connectivity index (χ1) is 16.4. The maximum atomic E-state index is 13.7. The van der Waals surface area contributed by atoms with Crippen LogP contribution in [0.2, 0.25) is 0 Å². The number of amides is 1. The molecule has 1 aromatic carbocycles. The first-order valence-corrected chi connectivity index (χ1v) is 12.3. The van der Waals surface area contributed by atoms with Gasteiger partial charge >= 0.3 is 5.69 Å². The molecule has 3 N–H and O–H groups in total. The summed E-state index contributed by atoms with van der Waals surface area (Å²) in [5, 5.41) is 0. The van der Waals surface area contributed by atoms with Gasteiger partial charge in [0.25, 0.3) is 11.5 Å². The highest BCUT2D eigenvalue weighted by Crippen LogP contribution is 2.33. The average Bonchev–Trinajstić information content (AvgIpc) is 3.24. The number of aromatic amines is 1. The molecule has 2 heterocycles. The van der Waals surface area contributed by atoms with Crippen LogP contribution in [0.4, 0.5) is 11.5 Å². The highest BCUT2D eigenvalue weighted by atomic mass is 32.1. The average molecular weight is 483 g/mol. The predicted molar refractivity (Wildman–Crippen MR) is 135 cm³/mol. The summed E-state index contributed by atoms with van der Waals surface area (Å²) in [7, 11) is 1.59. The zero-order valence-corrected chi connectivity index (χ0v) is 20.3. The van der Waals surface area contributed by atoms with Gasteiger partial charge in [0.2, 0.25) is 0 Å². The lowest BCUT2D eigenvalue weighted by molar-refractivity contribution is 0.0987. The fourth-order valence-electron chi connectivity index (χ4n) is 4.39. The quantitative estimate of drug-likeness (QED) is 0.480. The molecule has 1 aliphatic rings. The second-order valence-corrected chi connectivity index (χ2v) is 9.91. The molecule has 0 fully saturated rings. The number of nitrogens with two attached hydrogens (primary N) is 1. The van der Waals surface area contributed by atoms with Gasteiger partial charge in [-0.2, -0.15) is 0 Å². The number of aromatic nitrogens is 2. The maximum absolute atomic E-state index is 13.7. The highest BCUT2D eigenvalue weighted by Gasteiger charge is 2.28. The number of thiophene rings is 1. The van der Waals surface area contributed by atoms with Crippen molar-refractivity contribution < 1.29 is 9.53 Å². The SMILES string of the molecule is COCCCN(C(=O)c1cc2c(s1)CCC(C)C2)c1c(N)n(Cc2ccccc2)c(=O)[nH]c1=O. The van der Waals surface area contributed by atoms with Crippen LogP contribution in [-0.4, -0.2) is 35.7 Å². The van der Waals surface area contributed by atoms with Crippen LogP contribution in [0.15, 0.2) is 46.0 Å². The van der Waals surface area contributed by atoms with E-state index in [4.69, 9.17) is 10.5 Å². The molecule has 180 valence electrons. The van der Waals surface area contributed by atoms with Gasteiger partial charge in [-0.3, -0.25) is 24.0 Å². The summed E-state index contributed by atoms with van der Waals surface area (Å²) in [5.74, 6) is 0.270. The van der Waals surface area contributed by atoms with Crippen molar-refractivity contribution in [2.75, 3.05) is 30.9 Å². The number of H-pyrrole nitrogens is 1. The number of aryl methyl sites for hydroxylation is 1. The minimum absolute atomic E-state index is 0.00336. The molecule has 3 aromatic rings. The minimum atomic E-state index is -0.674. The molecule has 0 saturated carbocycles. The molecule has 0 spiro atoms. The summed E-state index contributed by atoms with van der Waals surface area (Å²) in [6, 6.07) is 11.3. The summed E-state index contributed by atoms with van der Waals surface area (Å²) in [6.45, 7) is 3.06. The molecular weight excluding hydrogens is 452 g/mol. The summed E-state index contributed by atoms with van der Waals surface area (Å²) in [6.07, 6.45) is 3.53. The molecule has 4 rings (SSSR count). The van der Waals surface area contributed by atoms with Crippen molar-refractivity contribution in [2.45, 2.75) is 39.2 Å². The van der Waals surface area contributed by atoms with Gasteiger partial charge in [0, 0.05) is 25.1 Å². The molecule has 0 aliphatic heterocycles. The summed E-state index contributed by atoms with van der Waals surface area (Å²) in [5.41, 5.74) is 7.16. The van der Waals surface area contributed by atoms with Crippen LogP contribution in [0.3, 0.4) is 0 Å². The first-order valence-electron chi connectivity index (χ1n) is 11.5. The van der Waals surface area contributed by atoms with E-state index in [9.17, 15) is 14.4 Å². The van der Waals surface area contributed by atoms with Crippen LogP contribution in [0.5, 0.6) is 0 Å². The lowest BCUT2D eigenvalue weighted by Gasteiger charge is -2.24. The van der Waals surface area contributed by atoms with Gasteiger partial charge in [-0.05, 0) is 48.8 Å². The number of carbonyl (C=O) groups excluding carboxylic acids is 1. The highest BCUT2D eigenvalue weighted by molar-refractivity contribution is 7.14. The molecule has 9 heteroatoms. The van der Waals surface area contributed by atoms with Crippen molar-refractivity contribution in [1.29, 1.82) is 0 Å². The lowest BCUT2D eigenvalue weighted by Crippen LogP contribution is -2.41.